The maximum absolute atomic E-state index is 9.95. The van der Waals surface area contributed by atoms with Crippen LogP contribution >= 0.6 is 35.3 Å². The third kappa shape index (κ3) is 5.86. The molecule has 1 fully saturated rings. The van der Waals surface area contributed by atoms with Crippen molar-refractivity contribution >= 4 is 35.3 Å². The van der Waals surface area contributed by atoms with Gasteiger partial charge in [-0.1, -0.05) is 54.1 Å². The number of hydrogen-bond acceptors (Lipinski definition) is 5. The quantitative estimate of drug-likeness (QED) is 0.312. The zero-order valence-electron chi connectivity index (χ0n) is 20.2. The van der Waals surface area contributed by atoms with Crippen LogP contribution in [0.15, 0.2) is 82.6 Å². The second-order valence-corrected chi connectivity index (χ2v) is 12.5. The monoisotopic (exact) mass is 524 g/mol. The summed E-state index contributed by atoms with van der Waals surface area (Å²) >= 11 is 10.1. The largest absolute Gasteiger partial charge is 0.506 e. The van der Waals surface area contributed by atoms with E-state index in [-0.39, 0.29) is 5.75 Å². The second-order valence-electron chi connectivity index (χ2n) is 9.82. The van der Waals surface area contributed by atoms with Crippen LogP contribution in [0.1, 0.15) is 36.3 Å². The van der Waals surface area contributed by atoms with Gasteiger partial charge in [-0.3, -0.25) is 0 Å². The zero-order chi connectivity index (χ0) is 24.3. The number of aromatic hydroxyl groups is 1. The summed E-state index contributed by atoms with van der Waals surface area (Å²) in [5, 5.41) is 10.4. The van der Waals surface area contributed by atoms with Gasteiger partial charge in [0.05, 0.1) is 5.02 Å². The number of phenolic OH excluding ortho intramolecular Hbond substituents is 1. The first-order chi connectivity index (χ1) is 17.0. The van der Waals surface area contributed by atoms with Gasteiger partial charge in [0.15, 0.2) is 0 Å². The second kappa shape index (κ2) is 11.2. The first kappa shape index (κ1) is 25.0. The van der Waals surface area contributed by atoms with E-state index in [2.05, 4.69) is 70.9 Å². The lowest BCUT2D eigenvalue weighted by Crippen LogP contribution is -2.43. The molecule has 5 rings (SSSR count). The fraction of sp³-hybridized carbons (Fsp3) is 0.379. The number of nitrogens with zero attached hydrogens (tertiary/aromatic N) is 2. The minimum atomic E-state index is 0.150. The Morgan fingerprint density at radius 2 is 1.80 bits per heavy atom. The van der Waals surface area contributed by atoms with Crippen molar-refractivity contribution in [1.82, 2.24) is 9.21 Å². The Balaban J connectivity index is 1.23. The van der Waals surface area contributed by atoms with Gasteiger partial charge in [0, 0.05) is 27.5 Å². The van der Waals surface area contributed by atoms with Gasteiger partial charge in [0.2, 0.25) is 0 Å². The molecular formula is C29H33ClN2OS2. The highest BCUT2D eigenvalue weighted by atomic mass is 35.5. The van der Waals surface area contributed by atoms with Crippen molar-refractivity contribution in [2.24, 2.45) is 0 Å². The van der Waals surface area contributed by atoms with Crippen LogP contribution in [0.5, 0.6) is 5.75 Å². The lowest BCUT2D eigenvalue weighted by molar-refractivity contribution is 0.166. The summed E-state index contributed by atoms with van der Waals surface area (Å²) in [4.78, 5) is 5.38. The van der Waals surface area contributed by atoms with Crippen LogP contribution in [-0.2, 0) is 5.41 Å². The highest BCUT2D eigenvalue weighted by Crippen LogP contribution is 2.49. The van der Waals surface area contributed by atoms with Crippen LogP contribution in [0, 0.1) is 0 Å². The zero-order valence-corrected chi connectivity index (χ0v) is 22.6. The van der Waals surface area contributed by atoms with Crippen LogP contribution in [0.3, 0.4) is 0 Å². The predicted octanol–water partition coefficient (Wildman–Crippen LogP) is 7.30. The highest BCUT2D eigenvalue weighted by molar-refractivity contribution is 7.99. The average molecular weight is 525 g/mol. The Labute approximate surface area is 223 Å². The molecule has 0 aliphatic carbocycles. The number of hydrogen-bond donors (Lipinski definition) is 1. The van der Waals surface area contributed by atoms with Crippen LogP contribution in [0.2, 0.25) is 5.02 Å². The number of likely N-dealkylation sites (N-methyl/N-ethyl adjacent to an activating group) is 1. The van der Waals surface area contributed by atoms with E-state index in [1.54, 1.807) is 23.6 Å². The van der Waals surface area contributed by atoms with Gasteiger partial charge in [0.1, 0.15) is 5.75 Å². The number of likely N-dealkylation sites (tertiary alicyclic amines) is 1. The number of benzene rings is 3. The molecule has 1 saturated heterocycles. The molecule has 3 aromatic carbocycles. The van der Waals surface area contributed by atoms with E-state index >= 15 is 0 Å². The SMILES string of the molecule is CN(CC(CCN1CCC2(CC1)CSc1ccccc12)c1ccc(O)c(Cl)c1)Sc1ccccc1. The van der Waals surface area contributed by atoms with Crippen LogP contribution < -0.4 is 0 Å². The van der Waals surface area contributed by atoms with E-state index in [9.17, 15) is 5.11 Å². The third-order valence-electron chi connectivity index (χ3n) is 7.49. The lowest BCUT2D eigenvalue weighted by atomic mass is 9.74. The summed E-state index contributed by atoms with van der Waals surface area (Å²) in [7, 11) is 2.16. The number of fused-ring (bicyclic) bond motifs is 2. The standard InChI is InChI=1S/C29H33ClN2OS2/c1-31(35-24-7-3-2-4-8-24)20-23(22-11-12-27(33)26(30)19-22)13-16-32-17-14-29(15-18-32)21-34-28-10-6-5-9-25(28)29/h2-12,19,23,33H,13-18,20-21H2,1H3. The highest BCUT2D eigenvalue weighted by Gasteiger charge is 2.41. The predicted molar refractivity (Wildman–Crippen MR) is 150 cm³/mol. The number of phenols is 1. The van der Waals surface area contributed by atoms with Crippen molar-refractivity contribution in [3.63, 3.8) is 0 Å². The number of thioether (sulfide) groups is 1. The number of halogens is 1. The van der Waals surface area contributed by atoms with E-state index in [4.69, 9.17) is 11.6 Å². The van der Waals surface area contributed by atoms with Crippen molar-refractivity contribution in [3.05, 3.63) is 88.9 Å². The van der Waals surface area contributed by atoms with E-state index < -0.39 is 0 Å². The van der Waals surface area contributed by atoms with Crippen LogP contribution in [0.4, 0.5) is 0 Å². The van der Waals surface area contributed by atoms with Gasteiger partial charge in [-0.15, -0.1) is 11.8 Å². The van der Waals surface area contributed by atoms with Gasteiger partial charge >= 0.3 is 0 Å². The first-order valence-corrected chi connectivity index (χ1v) is 14.5. The van der Waals surface area contributed by atoms with Crippen molar-refractivity contribution < 1.29 is 5.11 Å². The smallest absolute Gasteiger partial charge is 0.134 e. The Hall–Kier alpha value is -1.63. The average Bonchev–Trinajstić information content (AvgIpc) is 3.23. The van der Waals surface area contributed by atoms with Gasteiger partial charge in [-0.05, 0) is 105 Å². The molecule has 3 aromatic rings. The Bertz CT molecular complexity index is 1130. The third-order valence-corrected chi connectivity index (χ3v) is 10.1. The van der Waals surface area contributed by atoms with Crippen molar-refractivity contribution in [2.45, 2.75) is 40.4 Å². The summed E-state index contributed by atoms with van der Waals surface area (Å²) in [5.41, 5.74) is 3.15. The summed E-state index contributed by atoms with van der Waals surface area (Å²) in [6.45, 7) is 4.32. The molecule has 2 aliphatic rings. The van der Waals surface area contributed by atoms with Crippen molar-refractivity contribution in [2.75, 3.05) is 39.0 Å². The van der Waals surface area contributed by atoms with Gasteiger partial charge < -0.3 is 10.0 Å². The summed E-state index contributed by atoms with van der Waals surface area (Å²) in [6, 6.07) is 25.2. The normalized spacial score (nSPS) is 18.1. The molecule has 6 heteroatoms. The molecule has 2 aliphatic heterocycles. The lowest BCUT2D eigenvalue weighted by Gasteiger charge is -2.40. The minimum absolute atomic E-state index is 0.150. The fourth-order valence-electron chi connectivity index (χ4n) is 5.43. The minimum Gasteiger partial charge on any atom is -0.506 e. The molecule has 0 aromatic heterocycles. The molecule has 0 saturated carbocycles. The van der Waals surface area contributed by atoms with Crippen molar-refractivity contribution in [3.8, 4) is 5.75 Å². The van der Waals surface area contributed by atoms with E-state index in [1.165, 1.54) is 33.9 Å². The topological polar surface area (TPSA) is 26.7 Å². The molecule has 1 N–H and O–H groups in total. The molecule has 0 bridgehead atoms. The number of piperidine rings is 1. The molecule has 3 nitrogen and oxygen atoms in total. The van der Waals surface area contributed by atoms with Gasteiger partial charge in [-0.2, -0.15) is 0 Å². The Morgan fingerprint density at radius 3 is 2.57 bits per heavy atom. The maximum Gasteiger partial charge on any atom is 0.134 e. The fourth-order valence-corrected chi connectivity index (χ4v) is 8.00. The molecule has 0 radical (unpaired) electrons. The molecule has 0 amide bonds. The van der Waals surface area contributed by atoms with Crippen LogP contribution in [0.25, 0.3) is 0 Å². The molecule has 1 atom stereocenters. The van der Waals surface area contributed by atoms with E-state index in [1.807, 2.05) is 23.9 Å². The van der Waals surface area contributed by atoms with E-state index in [0.717, 1.165) is 32.6 Å². The molecule has 1 spiro atoms. The summed E-state index contributed by atoms with van der Waals surface area (Å²) < 4.78 is 2.32. The Morgan fingerprint density at radius 1 is 1.06 bits per heavy atom. The van der Waals surface area contributed by atoms with Gasteiger partial charge in [0.25, 0.3) is 0 Å². The summed E-state index contributed by atoms with van der Waals surface area (Å²) in [5.74, 6) is 1.72. The van der Waals surface area contributed by atoms with Crippen molar-refractivity contribution in [1.29, 1.82) is 0 Å². The molecule has 35 heavy (non-hydrogen) atoms. The molecule has 184 valence electrons. The molecule has 1 unspecified atom stereocenters. The van der Waals surface area contributed by atoms with Gasteiger partial charge in [-0.25, -0.2) is 4.31 Å². The van der Waals surface area contributed by atoms with E-state index in [0.29, 0.717) is 16.4 Å². The first-order valence-electron chi connectivity index (χ1n) is 12.4. The molecular weight excluding hydrogens is 492 g/mol. The Kier molecular flexibility index (Phi) is 8.00. The maximum atomic E-state index is 9.95. The molecule has 2 heterocycles. The number of rotatable bonds is 8. The summed E-state index contributed by atoms with van der Waals surface area (Å²) in [6.07, 6.45) is 3.56. The van der Waals surface area contributed by atoms with Crippen LogP contribution in [-0.4, -0.2) is 53.3 Å².